The van der Waals surface area contributed by atoms with Crippen LogP contribution in [-0.4, -0.2) is 4.92 Å². The maximum atomic E-state index is 11.7. The number of nitrogens with two attached hydrogens (primary N) is 1. The zero-order valence-electron chi connectivity index (χ0n) is 19.7. The van der Waals surface area contributed by atoms with Crippen LogP contribution in [0.15, 0.2) is 46.6 Å². The molecule has 0 fully saturated rings. The van der Waals surface area contributed by atoms with Crippen LogP contribution in [-0.2, 0) is 12.8 Å². The van der Waals surface area contributed by atoms with Gasteiger partial charge in [-0.25, -0.2) is 0 Å². The fraction of sp³-hybridized carbons (Fsp3) is 0.538. The third kappa shape index (κ3) is 8.40. The molecule has 0 amide bonds. The van der Waals surface area contributed by atoms with E-state index >= 15 is 0 Å². The van der Waals surface area contributed by atoms with Crippen LogP contribution in [0.4, 0.5) is 22.7 Å². The van der Waals surface area contributed by atoms with Gasteiger partial charge < -0.3 is 5.73 Å². The highest BCUT2D eigenvalue weighted by Crippen LogP contribution is 2.37. The molecule has 0 aliphatic carbocycles. The largest absolute Gasteiger partial charge is 0.393 e. The number of nitro benzene ring substituents is 1. The first-order valence-electron chi connectivity index (χ1n) is 12.1. The van der Waals surface area contributed by atoms with E-state index in [1.54, 1.807) is 6.07 Å². The van der Waals surface area contributed by atoms with Gasteiger partial charge in [-0.15, -0.1) is 5.11 Å². The van der Waals surface area contributed by atoms with Crippen LogP contribution < -0.4 is 5.73 Å². The summed E-state index contributed by atoms with van der Waals surface area (Å²) in [7, 11) is 0. The quantitative estimate of drug-likeness (QED) is 0.0991. The van der Waals surface area contributed by atoms with E-state index < -0.39 is 4.92 Å². The molecular formula is C26H38N4O2. The van der Waals surface area contributed by atoms with Gasteiger partial charge in [0.15, 0.2) is 5.69 Å². The fourth-order valence-corrected chi connectivity index (χ4v) is 3.84. The van der Waals surface area contributed by atoms with E-state index in [4.69, 9.17) is 5.73 Å². The Morgan fingerprint density at radius 1 is 0.812 bits per heavy atom. The zero-order chi connectivity index (χ0) is 23.2. The molecule has 0 aromatic heterocycles. The molecule has 32 heavy (non-hydrogen) atoms. The molecule has 0 heterocycles. The topological polar surface area (TPSA) is 93.9 Å². The van der Waals surface area contributed by atoms with E-state index in [0.717, 1.165) is 31.2 Å². The highest BCUT2D eigenvalue weighted by Gasteiger charge is 2.21. The van der Waals surface area contributed by atoms with Crippen molar-refractivity contribution in [2.45, 2.75) is 90.9 Å². The first-order chi connectivity index (χ1) is 15.6. The monoisotopic (exact) mass is 438 g/mol. The Bertz CT molecular complexity index is 863. The SMILES string of the molecule is CCCCCCCCCCCCc1ccc(N=Nc2ccc(CC)cc2)c([N+](=O)[O-])c1N. The smallest absolute Gasteiger partial charge is 0.319 e. The van der Waals surface area contributed by atoms with Crippen LogP contribution in [0.3, 0.4) is 0 Å². The lowest BCUT2D eigenvalue weighted by Gasteiger charge is -2.08. The number of azo groups is 1. The molecule has 6 heteroatoms. The molecule has 2 aromatic rings. The van der Waals surface area contributed by atoms with E-state index in [2.05, 4.69) is 24.1 Å². The Morgan fingerprint density at radius 2 is 1.41 bits per heavy atom. The Kier molecular flexibility index (Phi) is 11.4. The van der Waals surface area contributed by atoms with E-state index in [0.29, 0.717) is 5.69 Å². The standard InChI is InChI=1S/C26H38N4O2/c1-3-5-6-7-8-9-10-11-12-13-14-22-17-20-24(26(25(22)27)30(31)32)29-28-23-18-15-21(4-2)16-19-23/h15-20H,3-14,27H2,1-2H3. The molecule has 0 saturated heterocycles. The van der Waals surface area contributed by atoms with Gasteiger partial charge in [0.1, 0.15) is 5.69 Å². The van der Waals surface area contributed by atoms with Crippen LogP contribution in [0, 0.1) is 10.1 Å². The molecule has 0 aliphatic heterocycles. The number of benzene rings is 2. The van der Waals surface area contributed by atoms with Gasteiger partial charge in [-0.1, -0.05) is 89.8 Å². The zero-order valence-corrected chi connectivity index (χ0v) is 19.7. The van der Waals surface area contributed by atoms with Crippen molar-refractivity contribution in [1.29, 1.82) is 0 Å². The Hall–Kier alpha value is -2.76. The number of nitro groups is 1. The molecule has 0 radical (unpaired) electrons. The molecule has 0 unspecified atom stereocenters. The number of anilines is 1. The average Bonchev–Trinajstić information content (AvgIpc) is 2.80. The van der Waals surface area contributed by atoms with E-state index in [1.165, 1.54) is 56.9 Å². The van der Waals surface area contributed by atoms with Crippen molar-refractivity contribution in [1.82, 2.24) is 0 Å². The number of rotatable bonds is 15. The summed E-state index contributed by atoms with van der Waals surface area (Å²) in [5.41, 5.74) is 9.11. The Labute approximate surface area is 192 Å². The van der Waals surface area contributed by atoms with Gasteiger partial charge in [-0.3, -0.25) is 10.1 Å². The molecule has 0 saturated carbocycles. The molecule has 0 spiro atoms. The van der Waals surface area contributed by atoms with Crippen molar-refractivity contribution in [3.05, 3.63) is 57.6 Å². The van der Waals surface area contributed by atoms with E-state index in [1.807, 2.05) is 30.3 Å². The first-order valence-corrected chi connectivity index (χ1v) is 12.1. The maximum absolute atomic E-state index is 11.7. The van der Waals surface area contributed by atoms with E-state index in [-0.39, 0.29) is 17.1 Å². The second-order valence-corrected chi connectivity index (χ2v) is 8.42. The van der Waals surface area contributed by atoms with Gasteiger partial charge >= 0.3 is 5.69 Å². The third-order valence-electron chi connectivity index (χ3n) is 5.89. The van der Waals surface area contributed by atoms with Gasteiger partial charge in [0, 0.05) is 0 Å². The normalized spacial score (nSPS) is 11.3. The second-order valence-electron chi connectivity index (χ2n) is 8.42. The first kappa shape index (κ1) is 25.5. The Balaban J connectivity index is 1.88. The molecule has 0 bridgehead atoms. The second kappa shape index (κ2) is 14.3. The average molecular weight is 439 g/mol. The van der Waals surface area contributed by atoms with Gasteiger partial charge in [-0.2, -0.15) is 5.11 Å². The summed E-state index contributed by atoms with van der Waals surface area (Å²) >= 11 is 0. The van der Waals surface area contributed by atoms with Crippen molar-refractivity contribution < 1.29 is 4.92 Å². The predicted octanol–water partition coefficient (Wildman–Crippen LogP) is 8.62. The van der Waals surface area contributed by atoms with Crippen LogP contribution in [0.5, 0.6) is 0 Å². The molecular weight excluding hydrogens is 400 g/mol. The number of aryl methyl sites for hydroxylation is 2. The van der Waals surface area contributed by atoms with Crippen LogP contribution in [0.2, 0.25) is 0 Å². The van der Waals surface area contributed by atoms with E-state index in [9.17, 15) is 10.1 Å². The van der Waals surface area contributed by atoms with Crippen molar-refractivity contribution in [3.8, 4) is 0 Å². The van der Waals surface area contributed by atoms with Gasteiger partial charge in [0.2, 0.25) is 0 Å². The minimum atomic E-state index is -0.452. The number of nitrogens with zero attached hydrogens (tertiary/aromatic N) is 3. The van der Waals surface area contributed by atoms with Gasteiger partial charge in [0.25, 0.3) is 0 Å². The lowest BCUT2D eigenvalue weighted by Crippen LogP contribution is -2.01. The predicted molar refractivity (Wildman–Crippen MR) is 133 cm³/mol. The van der Waals surface area contributed by atoms with Crippen molar-refractivity contribution >= 4 is 22.7 Å². The third-order valence-corrected chi connectivity index (χ3v) is 5.89. The summed E-state index contributed by atoms with van der Waals surface area (Å²) < 4.78 is 0. The fourth-order valence-electron chi connectivity index (χ4n) is 3.84. The lowest BCUT2D eigenvalue weighted by atomic mass is 10.0. The highest BCUT2D eigenvalue weighted by molar-refractivity contribution is 5.75. The summed E-state index contributed by atoms with van der Waals surface area (Å²) in [6, 6.07) is 11.2. The summed E-state index contributed by atoms with van der Waals surface area (Å²) in [6.45, 7) is 4.32. The maximum Gasteiger partial charge on any atom is 0.319 e. The van der Waals surface area contributed by atoms with Crippen LogP contribution in [0.1, 0.15) is 89.2 Å². The summed E-state index contributed by atoms with van der Waals surface area (Å²) in [4.78, 5) is 11.2. The molecule has 174 valence electrons. The molecule has 6 nitrogen and oxygen atoms in total. The number of nitrogen functional groups attached to an aromatic ring is 1. The van der Waals surface area contributed by atoms with Crippen LogP contribution in [0.25, 0.3) is 0 Å². The number of unbranched alkanes of at least 4 members (excludes halogenated alkanes) is 9. The number of hydrogen-bond donors (Lipinski definition) is 1. The minimum absolute atomic E-state index is 0.150. The lowest BCUT2D eigenvalue weighted by molar-refractivity contribution is -0.383. The molecule has 0 aliphatic rings. The molecule has 2 aromatic carbocycles. The molecule has 2 N–H and O–H groups in total. The summed E-state index contributed by atoms with van der Waals surface area (Å²) in [5.74, 6) is 0. The summed E-state index contributed by atoms with van der Waals surface area (Å²) in [6.07, 6.45) is 14.3. The molecule has 0 atom stereocenters. The van der Waals surface area contributed by atoms with Crippen LogP contribution >= 0.6 is 0 Å². The Morgan fingerprint density at radius 3 is 1.97 bits per heavy atom. The van der Waals surface area contributed by atoms with Gasteiger partial charge in [0.05, 0.1) is 10.6 Å². The molecule has 2 rings (SSSR count). The minimum Gasteiger partial charge on any atom is -0.393 e. The highest BCUT2D eigenvalue weighted by atomic mass is 16.6. The summed E-state index contributed by atoms with van der Waals surface area (Å²) in [5, 5.41) is 19.9. The van der Waals surface area contributed by atoms with Crippen molar-refractivity contribution in [2.24, 2.45) is 10.2 Å². The van der Waals surface area contributed by atoms with Gasteiger partial charge in [-0.05, 0) is 48.6 Å². The number of hydrogen-bond acceptors (Lipinski definition) is 5. The van der Waals surface area contributed by atoms with Crippen molar-refractivity contribution in [2.75, 3.05) is 5.73 Å². The van der Waals surface area contributed by atoms with Crippen molar-refractivity contribution in [3.63, 3.8) is 0 Å².